The Balaban J connectivity index is 1.41. The molecular weight excluding hydrogens is 488 g/mol. The van der Waals surface area contributed by atoms with Crippen LogP contribution in [0.15, 0.2) is 48.5 Å². The van der Waals surface area contributed by atoms with E-state index >= 15 is 0 Å². The Hall–Kier alpha value is -2.96. The number of para-hydroxylation sites is 1. The van der Waals surface area contributed by atoms with Gasteiger partial charge in [-0.25, -0.2) is 0 Å². The summed E-state index contributed by atoms with van der Waals surface area (Å²) in [7, 11) is 1.74. The molecule has 1 N–H and O–H groups in total. The van der Waals surface area contributed by atoms with Crippen LogP contribution in [0.3, 0.4) is 0 Å². The number of benzene rings is 2. The first kappa shape index (κ1) is 30.6. The Kier molecular flexibility index (Phi) is 11.3. The van der Waals surface area contributed by atoms with E-state index in [1.54, 1.807) is 7.11 Å². The number of methoxy groups -OCH3 is 1. The molecule has 212 valence electrons. The highest BCUT2D eigenvalue weighted by Crippen LogP contribution is 2.29. The van der Waals surface area contributed by atoms with Crippen molar-refractivity contribution in [1.82, 2.24) is 5.32 Å². The Morgan fingerprint density at radius 2 is 1.59 bits per heavy atom. The van der Waals surface area contributed by atoms with E-state index in [1.165, 1.54) is 0 Å². The minimum atomic E-state index is -0.321. The van der Waals surface area contributed by atoms with Gasteiger partial charge in [0.25, 0.3) is 0 Å². The molecule has 0 fully saturated rings. The van der Waals surface area contributed by atoms with E-state index in [0.29, 0.717) is 45.4 Å². The van der Waals surface area contributed by atoms with Crippen molar-refractivity contribution in [2.24, 2.45) is 0 Å². The van der Waals surface area contributed by atoms with Crippen molar-refractivity contribution in [3.63, 3.8) is 0 Å². The standard InChI is InChI=1S/C33H46N2O4/c1-6-33(4,38-5)22-24-39-32(2,3)21-23-34-30(36)17-11-12-18-31(37)35-25-28-15-8-7-13-26(28)19-20-27-14-9-10-16-29(27)35/h7-10,13-16,19-20H,6,11-12,17-18,21-25H2,1-5H3,(H,34,36)/b20-19-. The van der Waals surface area contributed by atoms with Crippen LogP contribution in [-0.2, 0) is 25.6 Å². The Bertz CT molecular complexity index is 1120. The van der Waals surface area contributed by atoms with E-state index in [0.717, 1.165) is 41.6 Å². The second-order valence-electron chi connectivity index (χ2n) is 11.2. The molecule has 0 saturated carbocycles. The second kappa shape index (κ2) is 14.4. The number of unbranched alkanes of at least 4 members (excludes halogenated alkanes) is 1. The van der Waals surface area contributed by atoms with Gasteiger partial charge in [-0.15, -0.1) is 0 Å². The predicted molar refractivity (Wildman–Crippen MR) is 159 cm³/mol. The van der Waals surface area contributed by atoms with Crippen LogP contribution in [0.1, 0.15) is 89.3 Å². The van der Waals surface area contributed by atoms with Gasteiger partial charge < -0.3 is 19.7 Å². The molecular formula is C33H46N2O4. The highest BCUT2D eigenvalue weighted by Gasteiger charge is 2.24. The Morgan fingerprint density at radius 3 is 2.33 bits per heavy atom. The first-order chi connectivity index (χ1) is 18.7. The zero-order chi connectivity index (χ0) is 28.3. The lowest BCUT2D eigenvalue weighted by atomic mass is 9.99. The molecule has 2 aromatic carbocycles. The summed E-state index contributed by atoms with van der Waals surface area (Å²) in [6, 6.07) is 16.2. The van der Waals surface area contributed by atoms with E-state index in [1.807, 2.05) is 41.3 Å². The molecule has 2 aromatic rings. The van der Waals surface area contributed by atoms with Crippen molar-refractivity contribution in [1.29, 1.82) is 0 Å². The molecule has 1 heterocycles. The number of hydrogen-bond acceptors (Lipinski definition) is 4. The van der Waals surface area contributed by atoms with Gasteiger partial charge in [0.05, 0.1) is 30.0 Å². The summed E-state index contributed by atoms with van der Waals surface area (Å²) >= 11 is 0. The predicted octanol–water partition coefficient (Wildman–Crippen LogP) is 6.77. The number of nitrogens with zero attached hydrogens (tertiary/aromatic N) is 1. The summed E-state index contributed by atoms with van der Waals surface area (Å²) in [6.07, 6.45) is 8.87. The normalized spacial score (nSPS) is 15.4. The smallest absolute Gasteiger partial charge is 0.227 e. The van der Waals surface area contributed by atoms with Gasteiger partial charge in [-0.2, -0.15) is 0 Å². The number of amides is 2. The van der Waals surface area contributed by atoms with Gasteiger partial charge in [-0.3, -0.25) is 9.59 Å². The van der Waals surface area contributed by atoms with Crippen molar-refractivity contribution in [2.45, 2.75) is 90.4 Å². The quantitative estimate of drug-likeness (QED) is 0.272. The third kappa shape index (κ3) is 9.33. The molecule has 0 saturated heterocycles. The molecule has 0 radical (unpaired) electrons. The van der Waals surface area contributed by atoms with Crippen LogP contribution in [-0.4, -0.2) is 43.3 Å². The molecule has 0 aliphatic carbocycles. The first-order valence-corrected chi connectivity index (χ1v) is 14.3. The van der Waals surface area contributed by atoms with Crippen LogP contribution >= 0.6 is 0 Å². The SMILES string of the molecule is CCC(C)(CCOC(C)(C)CCNC(=O)CCCCC(=O)N1Cc2ccccc2/C=C\c2ccccc21)OC. The maximum atomic E-state index is 13.3. The third-order valence-electron chi connectivity index (χ3n) is 7.81. The summed E-state index contributed by atoms with van der Waals surface area (Å²) in [4.78, 5) is 27.6. The molecule has 0 spiro atoms. The number of hydrogen-bond donors (Lipinski definition) is 1. The fourth-order valence-electron chi connectivity index (χ4n) is 4.70. The van der Waals surface area contributed by atoms with E-state index in [-0.39, 0.29) is 23.0 Å². The number of rotatable bonds is 14. The largest absolute Gasteiger partial charge is 0.378 e. The maximum absolute atomic E-state index is 13.3. The number of anilines is 1. The molecule has 1 aliphatic heterocycles. The number of nitrogens with one attached hydrogen (secondary N) is 1. The minimum absolute atomic E-state index is 0.0202. The highest BCUT2D eigenvalue weighted by molar-refractivity contribution is 5.97. The molecule has 1 atom stereocenters. The van der Waals surface area contributed by atoms with E-state index in [4.69, 9.17) is 9.47 Å². The van der Waals surface area contributed by atoms with Crippen molar-refractivity contribution >= 4 is 29.7 Å². The first-order valence-electron chi connectivity index (χ1n) is 14.3. The Labute approximate surface area is 234 Å². The number of ether oxygens (including phenoxy) is 2. The number of carbonyl (C=O) groups is 2. The van der Waals surface area contributed by atoms with Crippen molar-refractivity contribution in [3.05, 3.63) is 65.2 Å². The summed E-state index contributed by atoms with van der Waals surface area (Å²) < 4.78 is 11.7. The van der Waals surface area contributed by atoms with Gasteiger partial charge in [-0.1, -0.05) is 61.5 Å². The van der Waals surface area contributed by atoms with Gasteiger partial charge in [-0.05, 0) is 75.6 Å². The third-order valence-corrected chi connectivity index (χ3v) is 7.81. The maximum Gasteiger partial charge on any atom is 0.227 e. The molecule has 39 heavy (non-hydrogen) atoms. The monoisotopic (exact) mass is 534 g/mol. The molecule has 6 nitrogen and oxygen atoms in total. The van der Waals surface area contributed by atoms with Gasteiger partial charge in [0, 0.05) is 26.5 Å². The average molecular weight is 535 g/mol. The molecule has 6 heteroatoms. The lowest BCUT2D eigenvalue weighted by Gasteiger charge is -2.30. The van der Waals surface area contributed by atoms with Crippen LogP contribution in [0.2, 0.25) is 0 Å². The fraction of sp³-hybridized carbons (Fsp3) is 0.515. The van der Waals surface area contributed by atoms with Crippen molar-refractivity contribution in [3.8, 4) is 0 Å². The molecule has 1 unspecified atom stereocenters. The van der Waals surface area contributed by atoms with Crippen LogP contribution in [0.4, 0.5) is 5.69 Å². The summed E-state index contributed by atoms with van der Waals surface area (Å²) in [6.45, 7) is 10.1. The number of carbonyl (C=O) groups excluding carboxylic acids is 2. The van der Waals surface area contributed by atoms with Gasteiger partial charge in [0.1, 0.15) is 0 Å². The topological polar surface area (TPSA) is 67.9 Å². The lowest BCUT2D eigenvalue weighted by Crippen LogP contribution is -2.35. The molecule has 0 bridgehead atoms. The van der Waals surface area contributed by atoms with Crippen LogP contribution < -0.4 is 10.2 Å². The van der Waals surface area contributed by atoms with E-state index < -0.39 is 0 Å². The van der Waals surface area contributed by atoms with E-state index in [9.17, 15) is 9.59 Å². The second-order valence-corrected chi connectivity index (χ2v) is 11.2. The van der Waals surface area contributed by atoms with Gasteiger partial charge in [0.15, 0.2) is 0 Å². The van der Waals surface area contributed by atoms with Crippen molar-refractivity contribution in [2.75, 3.05) is 25.2 Å². The zero-order valence-corrected chi connectivity index (χ0v) is 24.4. The zero-order valence-electron chi connectivity index (χ0n) is 24.4. The van der Waals surface area contributed by atoms with E-state index in [2.05, 4.69) is 57.3 Å². The lowest BCUT2D eigenvalue weighted by molar-refractivity contribution is -0.122. The van der Waals surface area contributed by atoms with Crippen LogP contribution in [0.5, 0.6) is 0 Å². The molecule has 1 aliphatic rings. The molecule has 3 rings (SSSR count). The van der Waals surface area contributed by atoms with Gasteiger partial charge >= 0.3 is 0 Å². The average Bonchev–Trinajstić information content (AvgIpc) is 2.92. The van der Waals surface area contributed by atoms with Gasteiger partial charge in [0.2, 0.25) is 11.8 Å². The van der Waals surface area contributed by atoms with Crippen LogP contribution in [0, 0.1) is 0 Å². The minimum Gasteiger partial charge on any atom is -0.378 e. The highest BCUT2D eigenvalue weighted by atomic mass is 16.5. The van der Waals surface area contributed by atoms with Crippen LogP contribution in [0.25, 0.3) is 12.2 Å². The Morgan fingerprint density at radius 1 is 0.923 bits per heavy atom. The summed E-state index contributed by atoms with van der Waals surface area (Å²) in [5.74, 6) is 0.103. The number of fused-ring (bicyclic) bond motifs is 2. The molecule has 0 aromatic heterocycles. The molecule has 2 amide bonds. The summed E-state index contributed by atoms with van der Waals surface area (Å²) in [5, 5.41) is 3.01. The fourth-order valence-corrected chi connectivity index (χ4v) is 4.70. The summed E-state index contributed by atoms with van der Waals surface area (Å²) in [5.41, 5.74) is 3.73. The van der Waals surface area contributed by atoms with Crippen molar-refractivity contribution < 1.29 is 19.1 Å².